The minimum atomic E-state index is -3.59. The van der Waals surface area contributed by atoms with Crippen LogP contribution in [0.1, 0.15) is 37.6 Å². The molecule has 1 aliphatic rings. The Balaban J connectivity index is 1.61. The number of aromatic nitrogens is 1. The van der Waals surface area contributed by atoms with E-state index < -0.39 is 15.9 Å². The van der Waals surface area contributed by atoms with Crippen LogP contribution in [0.15, 0.2) is 52.4 Å². The van der Waals surface area contributed by atoms with E-state index in [4.69, 9.17) is 4.74 Å². The first-order valence-electron chi connectivity index (χ1n) is 11.1. The summed E-state index contributed by atoms with van der Waals surface area (Å²) in [5.41, 5.74) is 1.24. The van der Waals surface area contributed by atoms with Crippen LogP contribution in [0, 0.1) is 11.8 Å². The molecule has 0 aliphatic carbocycles. The van der Waals surface area contributed by atoms with Gasteiger partial charge in [-0.15, -0.1) is 0 Å². The summed E-state index contributed by atoms with van der Waals surface area (Å²) in [7, 11) is -1.74. The fraction of sp³-hybridized carbons (Fsp3) is 0.417. The maximum absolute atomic E-state index is 13.1. The Bertz CT molecular complexity index is 1330. The minimum absolute atomic E-state index is 0.203. The average molecular weight is 488 g/mol. The summed E-state index contributed by atoms with van der Waals surface area (Å²) < 4.78 is 36.3. The van der Waals surface area contributed by atoms with Gasteiger partial charge in [0.1, 0.15) is 11.3 Å². The molecule has 1 saturated heterocycles. The first-order valence-corrected chi connectivity index (χ1v) is 13.4. The van der Waals surface area contributed by atoms with Crippen molar-refractivity contribution in [3.05, 3.63) is 52.8 Å². The number of para-hydroxylation sites is 1. The van der Waals surface area contributed by atoms with Crippen molar-refractivity contribution >= 4 is 37.5 Å². The van der Waals surface area contributed by atoms with E-state index in [1.165, 1.54) is 35.6 Å². The van der Waals surface area contributed by atoms with Crippen LogP contribution in [-0.4, -0.2) is 42.9 Å². The molecule has 7 nitrogen and oxygen atoms in total. The van der Waals surface area contributed by atoms with Crippen LogP contribution in [0.5, 0.6) is 5.75 Å². The van der Waals surface area contributed by atoms with E-state index in [0.29, 0.717) is 41.9 Å². The summed E-state index contributed by atoms with van der Waals surface area (Å²) in [4.78, 5) is 17.9. The van der Waals surface area contributed by atoms with Gasteiger partial charge in [0, 0.05) is 25.7 Å². The van der Waals surface area contributed by atoms with Gasteiger partial charge in [-0.1, -0.05) is 31.3 Å². The van der Waals surface area contributed by atoms with Crippen molar-refractivity contribution in [3.63, 3.8) is 0 Å². The van der Waals surface area contributed by atoms with Crippen molar-refractivity contribution < 1.29 is 17.9 Å². The number of fused-ring (bicyclic) bond motifs is 1. The quantitative estimate of drug-likeness (QED) is 0.544. The van der Waals surface area contributed by atoms with E-state index >= 15 is 0 Å². The topological polar surface area (TPSA) is 81.0 Å². The number of aryl methyl sites for hydroxylation is 1. The van der Waals surface area contributed by atoms with Crippen molar-refractivity contribution in [1.82, 2.24) is 8.87 Å². The standard InChI is InChI=1S/C24H29N3O4S2/c1-5-31-20-7-6-8-21-22(20)26(4)24(32-21)25-23(28)18-9-11-19(12-10-18)33(29,30)27-14-16(2)13-17(3)15-27/h6-12,16-17H,5,13-15H2,1-4H3/t16-,17+. The van der Waals surface area contributed by atoms with E-state index in [-0.39, 0.29) is 4.90 Å². The van der Waals surface area contributed by atoms with Gasteiger partial charge in [0.25, 0.3) is 5.91 Å². The molecule has 9 heteroatoms. The van der Waals surface area contributed by atoms with Crippen molar-refractivity contribution in [2.75, 3.05) is 19.7 Å². The number of benzene rings is 2. The predicted octanol–water partition coefficient (Wildman–Crippen LogP) is 4.05. The van der Waals surface area contributed by atoms with E-state index in [2.05, 4.69) is 18.8 Å². The van der Waals surface area contributed by atoms with E-state index in [1.807, 2.05) is 36.7 Å². The fourth-order valence-corrected chi connectivity index (χ4v) is 7.13. The van der Waals surface area contributed by atoms with E-state index in [0.717, 1.165) is 22.4 Å². The smallest absolute Gasteiger partial charge is 0.279 e. The van der Waals surface area contributed by atoms with Crippen molar-refractivity contribution in [2.24, 2.45) is 23.9 Å². The van der Waals surface area contributed by atoms with Gasteiger partial charge in [-0.3, -0.25) is 4.79 Å². The maximum Gasteiger partial charge on any atom is 0.279 e. The molecule has 0 bridgehead atoms. The molecular weight excluding hydrogens is 458 g/mol. The van der Waals surface area contributed by atoms with Crippen molar-refractivity contribution in [1.29, 1.82) is 0 Å². The number of sulfonamides is 1. The van der Waals surface area contributed by atoms with E-state index in [9.17, 15) is 13.2 Å². The highest BCUT2D eigenvalue weighted by Crippen LogP contribution is 2.28. The molecule has 1 aliphatic heterocycles. The monoisotopic (exact) mass is 487 g/mol. The second-order valence-corrected chi connectivity index (χ2v) is 11.6. The first-order chi connectivity index (χ1) is 15.7. The van der Waals surface area contributed by atoms with Crippen LogP contribution in [0.3, 0.4) is 0 Å². The number of ether oxygens (including phenoxy) is 1. The Morgan fingerprint density at radius 3 is 2.42 bits per heavy atom. The van der Waals surface area contributed by atoms with Crippen molar-refractivity contribution in [2.45, 2.75) is 32.1 Å². The van der Waals surface area contributed by atoms with Gasteiger partial charge in [-0.2, -0.15) is 9.30 Å². The molecule has 176 valence electrons. The SMILES string of the molecule is CCOc1cccc2sc(=NC(=O)c3ccc(S(=O)(=O)N4C[C@H](C)C[C@H](C)C4)cc3)n(C)c12. The van der Waals surface area contributed by atoms with Gasteiger partial charge in [0.2, 0.25) is 10.0 Å². The molecule has 1 aromatic heterocycles. The number of carbonyl (C=O) groups excluding carboxylic acids is 1. The van der Waals surface area contributed by atoms with Gasteiger partial charge < -0.3 is 9.30 Å². The zero-order chi connectivity index (χ0) is 23.8. The van der Waals surface area contributed by atoms with Crippen molar-refractivity contribution in [3.8, 4) is 5.75 Å². The molecule has 3 aromatic rings. The third kappa shape index (κ3) is 4.76. The number of hydrogen-bond donors (Lipinski definition) is 0. The highest BCUT2D eigenvalue weighted by molar-refractivity contribution is 7.89. The molecule has 2 heterocycles. The minimum Gasteiger partial charge on any atom is -0.492 e. The number of rotatable bonds is 5. The van der Waals surface area contributed by atoms with Gasteiger partial charge in [-0.05, 0) is 61.6 Å². The molecule has 2 aromatic carbocycles. The van der Waals surface area contributed by atoms with Gasteiger partial charge in [0.15, 0.2) is 4.80 Å². The Hall–Kier alpha value is -2.49. The fourth-order valence-electron chi connectivity index (χ4n) is 4.42. The van der Waals surface area contributed by atoms with Crippen LogP contribution < -0.4 is 9.54 Å². The van der Waals surface area contributed by atoms with Crippen LogP contribution in [0.2, 0.25) is 0 Å². The summed E-state index contributed by atoms with van der Waals surface area (Å²) >= 11 is 1.41. The number of hydrogen-bond acceptors (Lipinski definition) is 5. The molecule has 4 rings (SSSR count). The van der Waals surface area contributed by atoms with Gasteiger partial charge in [0.05, 0.1) is 16.2 Å². The Labute approximate surface area is 198 Å². The second-order valence-electron chi connectivity index (χ2n) is 8.69. The van der Waals surface area contributed by atoms with E-state index in [1.54, 1.807) is 4.31 Å². The largest absolute Gasteiger partial charge is 0.492 e. The summed E-state index contributed by atoms with van der Waals surface area (Å²) in [5.74, 6) is 0.986. The molecule has 0 unspecified atom stereocenters. The van der Waals surface area contributed by atoms with Crippen LogP contribution in [0.25, 0.3) is 10.2 Å². The zero-order valence-corrected chi connectivity index (χ0v) is 20.9. The number of nitrogens with zero attached hydrogens (tertiary/aromatic N) is 3. The summed E-state index contributed by atoms with van der Waals surface area (Å²) in [6.07, 6.45) is 1.03. The van der Waals surface area contributed by atoms with Crippen LogP contribution >= 0.6 is 11.3 Å². The third-order valence-electron chi connectivity index (χ3n) is 5.86. The summed E-state index contributed by atoms with van der Waals surface area (Å²) in [5, 5.41) is 0. The summed E-state index contributed by atoms with van der Waals surface area (Å²) in [6, 6.07) is 11.8. The molecular formula is C24H29N3O4S2. The number of thiazole rings is 1. The number of piperidine rings is 1. The maximum atomic E-state index is 13.1. The van der Waals surface area contributed by atoms with Crippen LogP contribution in [0.4, 0.5) is 0 Å². The lowest BCUT2D eigenvalue weighted by atomic mass is 9.94. The summed E-state index contributed by atoms with van der Waals surface area (Å²) in [6.45, 7) is 7.67. The molecule has 0 N–H and O–H groups in total. The Morgan fingerprint density at radius 1 is 1.12 bits per heavy atom. The Kier molecular flexibility index (Phi) is 6.74. The predicted molar refractivity (Wildman–Crippen MR) is 130 cm³/mol. The first kappa shape index (κ1) is 23.7. The molecule has 0 spiro atoms. The highest BCUT2D eigenvalue weighted by atomic mass is 32.2. The lowest BCUT2D eigenvalue weighted by molar-refractivity contribution is 0.0998. The molecule has 0 radical (unpaired) electrons. The second kappa shape index (κ2) is 9.40. The molecule has 1 fully saturated rings. The number of carbonyl (C=O) groups is 1. The molecule has 33 heavy (non-hydrogen) atoms. The zero-order valence-electron chi connectivity index (χ0n) is 19.3. The number of amides is 1. The lowest BCUT2D eigenvalue weighted by Crippen LogP contribution is -2.42. The molecule has 2 atom stereocenters. The molecule has 0 saturated carbocycles. The third-order valence-corrected chi connectivity index (χ3v) is 8.80. The Morgan fingerprint density at radius 2 is 1.79 bits per heavy atom. The average Bonchev–Trinajstić information content (AvgIpc) is 3.09. The normalized spacial score (nSPS) is 20.3. The highest BCUT2D eigenvalue weighted by Gasteiger charge is 2.31. The van der Waals surface area contributed by atoms with Gasteiger partial charge >= 0.3 is 0 Å². The van der Waals surface area contributed by atoms with Gasteiger partial charge in [-0.25, -0.2) is 8.42 Å². The lowest BCUT2D eigenvalue weighted by Gasteiger charge is -2.34. The molecule has 1 amide bonds. The van der Waals surface area contributed by atoms with Crippen LogP contribution in [-0.2, 0) is 17.1 Å².